The summed E-state index contributed by atoms with van der Waals surface area (Å²) in [6.07, 6.45) is 3.24. The Balaban J connectivity index is 1.99. The molecule has 0 spiro atoms. The molecule has 160 valence electrons. The summed E-state index contributed by atoms with van der Waals surface area (Å²) in [7, 11) is -3.37. The molecule has 1 heterocycles. The molecule has 1 atom stereocenters. The fraction of sp³-hybridized carbons (Fsp3) is 0.391. The van der Waals surface area contributed by atoms with Gasteiger partial charge in [0.15, 0.2) is 0 Å². The van der Waals surface area contributed by atoms with Gasteiger partial charge in [0.1, 0.15) is 0 Å². The Bertz CT molecular complexity index is 1060. The van der Waals surface area contributed by atoms with Crippen LogP contribution >= 0.6 is 0 Å². The molecular formula is C23H29N3O3S. The molecular weight excluding hydrogens is 398 g/mol. The first-order valence-corrected chi connectivity index (χ1v) is 12.2. The van der Waals surface area contributed by atoms with E-state index in [1.54, 1.807) is 23.2 Å². The van der Waals surface area contributed by atoms with Crippen LogP contribution < -0.4 is 4.72 Å². The second kappa shape index (κ2) is 9.00. The van der Waals surface area contributed by atoms with Crippen molar-refractivity contribution in [1.29, 1.82) is 0 Å². The third kappa shape index (κ3) is 5.08. The monoisotopic (exact) mass is 427 g/mol. The molecule has 0 saturated carbocycles. The van der Waals surface area contributed by atoms with Crippen LogP contribution in [0.15, 0.2) is 53.6 Å². The molecule has 0 bridgehead atoms. The zero-order chi connectivity index (χ0) is 21.9. The lowest BCUT2D eigenvalue weighted by atomic mass is 9.95. The van der Waals surface area contributed by atoms with Crippen LogP contribution in [0.1, 0.15) is 55.8 Å². The molecule has 30 heavy (non-hydrogen) atoms. The van der Waals surface area contributed by atoms with E-state index in [2.05, 4.69) is 10.8 Å². The van der Waals surface area contributed by atoms with Crippen molar-refractivity contribution < 1.29 is 13.2 Å². The first kappa shape index (κ1) is 22.0. The van der Waals surface area contributed by atoms with Crippen LogP contribution in [-0.4, -0.2) is 31.3 Å². The maximum atomic E-state index is 13.2. The van der Waals surface area contributed by atoms with Gasteiger partial charge in [-0.25, -0.2) is 13.4 Å². The van der Waals surface area contributed by atoms with E-state index in [0.29, 0.717) is 12.1 Å². The summed E-state index contributed by atoms with van der Waals surface area (Å²) in [6, 6.07) is 15.1. The van der Waals surface area contributed by atoms with E-state index in [0.717, 1.165) is 41.5 Å². The number of aryl methyl sites for hydroxylation is 1. The number of nitrogens with zero attached hydrogens (tertiary/aromatic N) is 2. The maximum absolute atomic E-state index is 13.2. The average Bonchev–Trinajstić information content (AvgIpc) is 3.13. The SMILES string of the molecule is CCC(CC)C(=O)N1N=C(c2cccc(NS(C)(=O)=O)c2)CC1c1cccc(C)c1. The van der Waals surface area contributed by atoms with Crippen molar-refractivity contribution >= 4 is 27.3 Å². The normalized spacial score (nSPS) is 16.6. The molecule has 2 aromatic carbocycles. The molecule has 0 saturated heterocycles. The van der Waals surface area contributed by atoms with Gasteiger partial charge in [-0.05, 0) is 43.0 Å². The van der Waals surface area contributed by atoms with Crippen molar-refractivity contribution in [3.63, 3.8) is 0 Å². The Morgan fingerprint density at radius 1 is 1.17 bits per heavy atom. The fourth-order valence-corrected chi connectivity index (χ4v) is 4.38. The zero-order valence-electron chi connectivity index (χ0n) is 17.9. The first-order valence-electron chi connectivity index (χ1n) is 10.3. The summed E-state index contributed by atoms with van der Waals surface area (Å²) < 4.78 is 25.7. The van der Waals surface area contributed by atoms with Gasteiger partial charge in [-0.2, -0.15) is 5.10 Å². The molecule has 1 aliphatic rings. The number of hydrogen-bond acceptors (Lipinski definition) is 4. The second-order valence-corrected chi connectivity index (χ2v) is 9.58. The molecule has 1 aliphatic heterocycles. The minimum absolute atomic E-state index is 0.0342. The lowest BCUT2D eigenvalue weighted by Gasteiger charge is -2.25. The van der Waals surface area contributed by atoms with E-state index in [1.165, 1.54) is 0 Å². The Kier molecular flexibility index (Phi) is 6.61. The van der Waals surface area contributed by atoms with Gasteiger partial charge in [-0.1, -0.05) is 55.8 Å². The van der Waals surface area contributed by atoms with E-state index in [4.69, 9.17) is 5.10 Å². The van der Waals surface area contributed by atoms with Gasteiger partial charge in [0.2, 0.25) is 15.9 Å². The number of carbonyl (C=O) groups excluding carboxylic acids is 1. The Morgan fingerprint density at radius 3 is 2.50 bits per heavy atom. The summed E-state index contributed by atoms with van der Waals surface area (Å²) in [6.45, 7) is 6.08. The topological polar surface area (TPSA) is 78.8 Å². The highest BCUT2D eigenvalue weighted by Gasteiger charge is 2.35. The smallest absolute Gasteiger partial charge is 0.246 e. The second-order valence-electron chi connectivity index (χ2n) is 7.83. The number of nitrogens with one attached hydrogen (secondary N) is 1. The molecule has 0 aliphatic carbocycles. The lowest BCUT2D eigenvalue weighted by molar-refractivity contribution is -0.137. The minimum Gasteiger partial charge on any atom is -0.284 e. The summed E-state index contributed by atoms with van der Waals surface area (Å²) >= 11 is 0. The van der Waals surface area contributed by atoms with Crippen molar-refractivity contribution in [1.82, 2.24) is 5.01 Å². The van der Waals surface area contributed by atoms with E-state index in [9.17, 15) is 13.2 Å². The Hall–Kier alpha value is -2.67. The van der Waals surface area contributed by atoms with E-state index in [-0.39, 0.29) is 17.9 Å². The number of carbonyl (C=O) groups is 1. The van der Waals surface area contributed by atoms with Crippen LogP contribution in [0.3, 0.4) is 0 Å². The standard InChI is InChI=1S/C23H29N3O3S/c1-5-17(6-2)23(27)26-22(19-11-7-9-16(3)13-19)15-21(24-26)18-10-8-12-20(14-18)25-30(4,28)29/h7-14,17,22,25H,5-6,15H2,1-4H3. The molecule has 0 radical (unpaired) electrons. The van der Waals surface area contributed by atoms with Crippen LogP contribution in [-0.2, 0) is 14.8 Å². The number of sulfonamides is 1. The highest BCUT2D eigenvalue weighted by Crippen LogP contribution is 2.35. The van der Waals surface area contributed by atoms with Gasteiger partial charge in [0, 0.05) is 18.0 Å². The molecule has 0 aromatic heterocycles. The van der Waals surface area contributed by atoms with Gasteiger partial charge >= 0.3 is 0 Å². The van der Waals surface area contributed by atoms with Crippen LogP contribution in [0.4, 0.5) is 5.69 Å². The van der Waals surface area contributed by atoms with Gasteiger partial charge in [-0.15, -0.1) is 0 Å². The van der Waals surface area contributed by atoms with Crippen molar-refractivity contribution in [2.24, 2.45) is 11.0 Å². The number of rotatable bonds is 7. The number of hydrogen-bond donors (Lipinski definition) is 1. The summed E-state index contributed by atoms with van der Waals surface area (Å²) in [5, 5.41) is 6.36. The molecule has 0 fully saturated rings. The highest BCUT2D eigenvalue weighted by atomic mass is 32.2. The van der Waals surface area contributed by atoms with Crippen LogP contribution in [0, 0.1) is 12.8 Å². The predicted molar refractivity (Wildman–Crippen MR) is 121 cm³/mol. The van der Waals surface area contributed by atoms with Crippen LogP contribution in [0.5, 0.6) is 0 Å². The van der Waals surface area contributed by atoms with Crippen molar-refractivity contribution in [3.05, 3.63) is 65.2 Å². The summed E-state index contributed by atoms with van der Waals surface area (Å²) in [4.78, 5) is 13.2. The first-order chi connectivity index (χ1) is 14.2. The van der Waals surface area contributed by atoms with E-state index >= 15 is 0 Å². The molecule has 1 amide bonds. The van der Waals surface area contributed by atoms with Gasteiger partial charge in [0.05, 0.1) is 18.0 Å². The van der Waals surface area contributed by atoms with Crippen molar-refractivity contribution in [2.45, 2.75) is 46.1 Å². The summed E-state index contributed by atoms with van der Waals surface area (Å²) in [5.74, 6) is -0.0365. The third-order valence-corrected chi connectivity index (χ3v) is 6.00. The summed E-state index contributed by atoms with van der Waals surface area (Å²) in [5.41, 5.74) is 4.25. The minimum atomic E-state index is -3.37. The van der Waals surface area contributed by atoms with Crippen molar-refractivity contribution in [2.75, 3.05) is 11.0 Å². The molecule has 1 unspecified atom stereocenters. The quantitative estimate of drug-likeness (QED) is 0.707. The maximum Gasteiger partial charge on any atom is 0.246 e. The van der Waals surface area contributed by atoms with Gasteiger partial charge in [-0.3, -0.25) is 9.52 Å². The number of anilines is 1. The molecule has 1 N–H and O–H groups in total. The number of hydrazone groups is 1. The van der Waals surface area contributed by atoms with Gasteiger partial charge in [0.25, 0.3) is 0 Å². The van der Waals surface area contributed by atoms with E-state index < -0.39 is 10.0 Å². The average molecular weight is 428 g/mol. The van der Waals surface area contributed by atoms with Crippen molar-refractivity contribution in [3.8, 4) is 0 Å². The zero-order valence-corrected chi connectivity index (χ0v) is 18.7. The Morgan fingerprint density at radius 2 is 1.87 bits per heavy atom. The van der Waals surface area contributed by atoms with Crippen LogP contribution in [0.2, 0.25) is 0 Å². The lowest BCUT2D eigenvalue weighted by Crippen LogP contribution is -2.32. The molecule has 2 aromatic rings. The van der Waals surface area contributed by atoms with E-state index in [1.807, 2.05) is 45.0 Å². The van der Waals surface area contributed by atoms with Crippen LogP contribution in [0.25, 0.3) is 0 Å². The number of benzene rings is 2. The fourth-order valence-electron chi connectivity index (χ4n) is 3.83. The van der Waals surface area contributed by atoms with Gasteiger partial charge < -0.3 is 0 Å². The Labute approximate surface area is 179 Å². The highest BCUT2D eigenvalue weighted by molar-refractivity contribution is 7.92. The largest absolute Gasteiger partial charge is 0.284 e. The number of amides is 1. The molecule has 6 nitrogen and oxygen atoms in total. The molecule has 3 rings (SSSR count). The molecule has 7 heteroatoms. The third-order valence-electron chi connectivity index (χ3n) is 5.40. The predicted octanol–water partition coefficient (Wildman–Crippen LogP) is 4.48.